The number of sulfone groups is 1. The Morgan fingerprint density at radius 1 is 1.11 bits per heavy atom. The van der Waals surface area contributed by atoms with Crippen molar-refractivity contribution in [3.8, 4) is 0 Å². The van der Waals surface area contributed by atoms with Gasteiger partial charge in [0.15, 0.2) is 9.84 Å². The van der Waals surface area contributed by atoms with Gasteiger partial charge in [0.1, 0.15) is 0 Å². The van der Waals surface area contributed by atoms with Gasteiger partial charge in [-0.15, -0.1) is 0 Å². The van der Waals surface area contributed by atoms with Crippen LogP contribution >= 0.6 is 0 Å². The van der Waals surface area contributed by atoms with Gasteiger partial charge in [0.2, 0.25) is 5.91 Å². The summed E-state index contributed by atoms with van der Waals surface area (Å²) < 4.78 is 64.3. The van der Waals surface area contributed by atoms with E-state index in [1.165, 1.54) is 12.5 Å². The van der Waals surface area contributed by atoms with E-state index in [0.717, 1.165) is 50.8 Å². The SMILES string of the molecule is CCCNC1(CC(=O)NC2CC(CC(C)(C)S(=O)(=O)c3cccc(C(F)(F)F)c3)C2)CCCCC1. The maximum Gasteiger partial charge on any atom is 0.416 e. The van der Waals surface area contributed by atoms with Crippen LogP contribution in [0.5, 0.6) is 0 Å². The second kappa shape index (κ2) is 10.8. The molecule has 0 saturated heterocycles. The van der Waals surface area contributed by atoms with Crippen LogP contribution in [-0.4, -0.2) is 37.2 Å². The minimum Gasteiger partial charge on any atom is -0.353 e. The Morgan fingerprint density at radius 2 is 1.77 bits per heavy atom. The summed E-state index contributed by atoms with van der Waals surface area (Å²) >= 11 is 0. The summed E-state index contributed by atoms with van der Waals surface area (Å²) in [6.45, 7) is 6.16. The number of halogens is 3. The largest absolute Gasteiger partial charge is 0.416 e. The molecule has 1 amide bonds. The Balaban J connectivity index is 1.54. The molecule has 2 saturated carbocycles. The first-order valence-electron chi connectivity index (χ1n) is 12.7. The van der Waals surface area contributed by atoms with Gasteiger partial charge >= 0.3 is 6.18 Å². The quantitative estimate of drug-likeness (QED) is 0.422. The molecule has 2 aliphatic rings. The van der Waals surface area contributed by atoms with Gasteiger partial charge in [0.25, 0.3) is 0 Å². The lowest BCUT2D eigenvalue weighted by Gasteiger charge is -2.42. The van der Waals surface area contributed by atoms with E-state index in [2.05, 4.69) is 17.6 Å². The van der Waals surface area contributed by atoms with Crippen molar-refractivity contribution in [2.45, 2.75) is 112 Å². The summed E-state index contributed by atoms with van der Waals surface area (Å²) in [5.41, 5.74) is -1.09. The molecule has 9 heteroatoms. The summed E-state index contributed by atoms with van der Waals surface area (Å²) in [7, 11) is -3.96. The molecule has 0 radical (unpaired) electrons. The normalized spacial score (nSPS) is 22.9. The lowest BCUT2D eigenvalue weighted by molar-refractivity contribution is -0.137. The van der Waals surface area contributed by atoms with Crippen molar-refractivity contribution in [3.63, 3.8) is 0 Å². The third-order valence-electron chi connectivity index (χ3n) is 7.64. The van der Waals surface area contributed by atoms with Gasteiger partial charge in [0, 0.05) is 18.0 Å². The molecule has 2 fully saturated rings. The molecular weight excluding hydrogens is 477 g/mol. The van der Waals surface area contributed by atoms with E-state index in [1.807, 2.05) is 0 Å². The standard InChI is InChI=1S/C26H39F3N2O3S/c1-4-13-30-25(11-6-5-7-12-25)18-23(32)31-21-14-19(15-21)17-24(2,3)35(33,34)22-10-8-9-20(16-22)26(27,28)29/h8-10,16,19,21,30H,4-7,11-15,17-18H2,1-3H3,(H,31,32). The minimum atomic E-state index is -4.60. The van der Waals surface area contributed by atoms with Gasteiger partial charge in [-0.25, -0.2) is 8.42 Å². The summed E-state index contributed by atoms with van der Waals surface area (Å²) in [6, 6.07) is 3.97. The molecule has 198 valence electrons. The smallest absolute Gasteiger partial charge is 0.353 e. The van der Waals surface area contributed by atoms with Gasteiger partial charge < -0.3 is 10.6 Å². The monoisotopic (exact) mass is 516 g/mol. The maximum absolute atomic E-state index is 13.2. The van der Waals surface area contributed by atoms with E-state index in [4.69, 9.17) is 0 Å². The van der Waals surface area contributed by atoms with E-state index >= 15 is 0 Å². The Labute approximate surface area is 207 Å². The number of nitrogens with one attached hydrogen (secondary N) is 2. The summed E-state index contributed by atoms with van der Waals surface area (Å²) in [4.78, 5) is 12.5. The molecule has 2 N–H and O–H groups in total. The highest BCUT2D eigenvalue weighted by Gasteiger charge is 2.43. The molecule has 0 aromatic heterocycles. The van der Waals surface area contributed by atoms with Gasteiger partial charge in [0.05, 0.1) is 15.2 Å². The number of rotatable bonds is 10. The van der Waals surface area contributed by atoms with Gasteiger partial charge in [-0.2, -0.15) is 13.2 Å². The Hall–Kier alpha value is -1.61. The fraction of sp³-hybridized carbons (Fsp3) is 0.731. The van der Waals surface area contributed by atoms with Crippen molar-refractivity contribution in [2.24, 2.45) is 5.92 Å². The van der Waals surface area contributed by atoms with Crippen molar-refractivity contribution in [1.82, 2.24) is 10.6 Å². The molecule has 35 heavy (non-hydrogen) atoms. The summed E-state index contributed by atoms with van der Waals surface area (Å²) in [5, 5.41) is 6.73. The molecule has 0 heterocycles. The Kier molecular flexibility index (Phi) is 8.62. The number of amides is 1. The fourth-order valence-electron chi connectivity index (χ4n) is 5.60. The van der Waals surface area contributed by atoms with Crippen molar-refractivity contribution in [3.05, 3.63) is 29.8 Å². The lowest BCUT2D eigenvalue weighted by atomic mass is 9.75. The van der Waals surface area contributed by atoms with Crippen molar-refractivity contribution >= 4 is 15.7 Å². The number of carbonyl (C=O) groups excluding carboxylic acids is 1. The zero-order valence-corrected chi connectivity index (χ0v) is 21.8. The third kappa shape index (κ3) is 6.79. The van der Waals surface area contributed by atoms with Gasteiger partial charge in [-0.3, -0.25) is 4.79 Å². The lowest BCUT2D eigenvalue weighted by Crippen LogP contribution is -2.53. The second-order valence-corrected chi connectivity index (χ2v) is 13.6. The molecule has 1 aromatic rings. The predicted molar refractivity (Wildman–Crippen MR) is 131 cm³/mol. The van der Waals surface area contributed by atoms with Crippen LogP contribution in [0.1, 0.15) is 90.5 Å². The third-order valence-corrected chi connectivity index (χ3v) is 10.1. The van der Waals surface area contributed by atoms with Crippen LogP contribution in [0.2, 0.25) is 0 Å². The number of benzene rings is 1. The van der Waals surface area contributed by atoms with E-state index in [0.29, 0.717) is 31.7 Å². The fourth-order valence-corrected chi connectivity index (χ4v) is 7.24. The van der Waals surface area contributed by atoms with E-state index in [-0.39, 0.29) is 28.3 Å². The zero-order valence-electron chi connectivity index (χ0n) is 21.0. The molecule has 3 rings (SSSR count). The minimum absolute atomic E-state index is 0.0198. The Morgan fingerprint density at radius 3 is 2.37 bits per heavy atom. The summed E-state index contributed by atoms with van der Waals surface area (Å²) in [6.07, 6.45) is 4.07. The van der Waals surface area contributed by atoms with Crippen LogP contribution in [-0.2, 0) is 20.8 Å². The molecule has 5 nitrogen and oxygen atoms in total. The van der Waals surface area contributed by atoms with Crippen molar-refractivity contribution in [1.29, 1.82) is 0 Å². The number of carbonyl (C=O) groups is 1. The maximum atomic E-state index is 13.2. The predicted octanol–water partition coefficient (Wildman–Crippen LogP) is 5.64. The number of alkyl halides is 3. The molecule has 0 spiro atoms. The molecule has 0 unspecified atom stereocenters. The Bertz CT molecular complexity index is 980. The molecule has 0 bridgehead atoms. The first kappa shape index (κ1) is 28.0. The zero-order chi connectivity index (χ0) is 25.9. The molecular formula is C26H39F3N2O3S. The molecule has 0 atom stereocenters. The van der Waals surface area contributed by atoms with Gasteiger partial charge in [-0.05, 0) is 83.0 Å². The average Bonchev–Trinajstić information content (AvgIpc) is 2.76. The second-order valence-electron chi connectivity index (χ2n) is 11.0. The molecule has 1 aromatic carbocycles. The van der Waals surface area contributed by atoms with E-state index in [9.17, 15) is 26.4 Å². The highest BCUT2D eigenvalue weighted by atomic mass is 32.2. The molecule has 0 aliphatic heterocycles. The first-order valence-corrected chi connectivity index (χ1v) is 14.2. The van der Waals surface area contributed by atoms with Crippen molar-refractivity contribution < 1.29 is 26.4 Å². The van der Waals surface area contributed by atoms with E-state index < -0.39 is 26.3 Å². The van der Waals surface area contributed by atoms with Crippen molar-refractivity contribution in [2.75, 3.05) is 6.54 Å². The first-order chi connectivity index (χ1) is 16.3. The van der Waals surface area contributed by atoms with Gasteiger partial charge in [-0.1, -0.05) is 32.3 Å². The highest BCUT2D eigenvalue weighted by Crippen LogP contribution is 2.40. The molecule has 2 aliphatic carbocycles. The highest BCUT2D eigenvalue weighted by molar-refractivity contribution is 7.92. The van der Waals surface area contributed by atoms with Crippen LogP contribution in [0.3, 0.4) is 0 Å². The topological polar surface area (TPSA) is 75.3 Å². The summed E-state index contributed by atoms with van der Waals surface area (Å²) in [5.74, 6) is 0.132. The number of hydrogen-bond acceptors (Lipinski definition) is 4. The van der Waals surface area contributed by atoms with Crippen LogP contribution < -0.4 is 10.6 Å². The average molecular weight is 517 g/mol. The van der Waals surface area contributed by atoms with Crippen LogP contribution in [0.15, 0.2) is 29.2 Å². The van der Waals surface area contributed by atoms with Crippen LogP contribution in [0.25, 0.3) is 0 Å². The number of hydrogen-bond donors (Lipinski definition) is 2. The van der Waals surface area contributed by atoms with Crippen LogP contribution in [0, 0.1) is 5.92 Å². The van der Waals surface area contributed by atoms with E-state index in [1.54, 1.807) is 13.8 Å². The van der Waals surface area contributed by atoms with Crippen LogP contribution in [0.4, 0.5) is 13.2 Å².